The fraction of sp³-hybridized carbons (Fsp3) is 0.875. The van der Waals surface area contributed by atoms with Crippen molar-refractivity contribution in [1.82, 2.24) is 0 Å². The van der Waals surface area contributed by atoms with Crippen molar-refractivity contribution >= 4 is 19.5 Å². The van der Waals surface area contributed by atoms with E-state index >= 15 is 0 Å². The number of hydrogen-bond donors (Lipinski definition) is 0. The van der Waals surface area contributed by atoms with Crippen LogP contribution in [0.2, 0.25) is 0 Å². The Hall–Kier alpha value is -0.910. The van der Waals surface area contributed by atoms with Crippen LogP contribution in [0.15, 0.2) is 0 Å². The summed E-state index contributed by atoms with van der Waals surface area (Å²) in [5, 5.41) is 0. The van der Waals surface area contributed by atoms with Crippen LogP contribution in [0.5, 0.6) is 0 Å². The molecule has 0 N–H and O–H groups in total. The molecule has 0 radical (unpaired) electrons. The van der Waals surface area contributed by atoms with Crippen molar-refractivity contribution in [2.24, 2.45) is 0 Å². The van der Waals surface area contributed by atoms with Gasteiger partial charge in [-0.2, -0.15) is 0 Å². The number of ether oxygens (including phenoxy) is 2. The second-order valence-corrected chi connectivity index (χ2v) is 7.33. The van der Waals surface area contributed by atoms with Gasteiger partial charge in [0.25, 0.3) is 0 Å². The molecule has 0 unspecified atom stereocenters. The van der Waals surface area contributed by atoms with Crippen LogP contribution in [0.25, 0.3) is 0 Å². The molecule has 0 aromatic rings. The summed E-state index contributed by atoms with van der Waals surface area (Å²) < 4.78 is 31.9. The number of rotatable bonds is 15. The first-order valence-electron chi connectivity index (χ1n) is 8.58. The smallest absolute Gasteiger partial charge is 0.341 e. The average molecular weight is 366 g/mol. The average Bonchev–Trinajstić information content (AvgIpc) is 2.53. The van der Waals surface area contributed by atoms with E-state index in [-0.39, 0.29) is 25.3 Å². The highest BCUT2D eigenvalue weighted by Crippen LogP contribution is 2.47. The Bertz CT molecular complexity index is 388. The molecule has 0 aliphatic rings. The normalized spacial score (nSPS) is 11.3. The number of hydrogen-bond acceptors (Lipinski definition) is 7. The Morgan fingerprint density at radius 1 is 0.833 bits per heavy atom. The van der Waals surface area contributed by atoms with E-state index in [9.17, 15) is 14.2 Å². The topological polar surface area (TPSA) is 88.1 Å². The minimum atomic E-state index is -3.37. The standard InChI is InChI=1S/C16H31O7P/c1-4-22-24(19,23-5-2)14-16(18)21-13-11-9-7-6-8-10-12-15(17)20-3/h4-14H2,1-3H3. The van der Waals surface area contributed by atoms with Gasteiger partial charge in [0, 0.05) is 6.42 Å². The first-order chi connectivity index (χ1) is 11.5. The molecule has 0 atom stereocenters. The van der Waals surface area contributed by atoms with Gasteiger partial charge in [0.05, 0.1) is 26.9 Å². The fourth-order valence-electron chi connectivity index (χ4n) is 2.09. The second-order valence-electron chi connectivity index (χ2n) is 5.27. The second kappa shape index (κ2) is 14.4. The van der Waals surface area contributed by atoms with Crippen molar-refractivity contribution in [1.29, 1.82) is 0 Å². The van der Waals surface area contributed by atoms with Gasteiger partial charge < -0.3 is 18.5 Å². The Labute approximate surface area is 144 Å². The lowest BCUT2D eigenvalue weighted by Gasteiger charge is -2.16. The molecule has 0 aromatic heterocycles. The van der Waals surface area contributed by atoms with Crippen LogP contribution in [-0.2, 0) is 32.7 Å². The maximum absolute atomic E-state index is 12.2. The van der Waals surface area contributed by atoms with Gasteiger partial charge in [-0.3, -0.25) is 14.2 Å². The van der Waals surface area contributed by atoms with Crippen molar-refractivity contribution in [3.63, 3.8) is 0 Å². The van der Waals surface area contributed by atoms with Gasteiger partial charge in [0.15, 0.2) is 0 Å². The summed E-state index contributed by atoms with van der Waals surface area (Å²) in [7, 11) is -1.98. The zero-order chi connectivity index (χ0) is 18.3. The summed E-state index contributed by atoms with van der Waals surface area (Å²) in [5.41, 5.74) is 0. The lowest BCUT2D eigenvalue weighted by Crippen LogP contribution is -2.14. The molecule has 0 fully saturated rings. The van der Waals surface area contributed by atoms with Gasteiger partial charge in [-0.25, -0.2) is 0 Å². The predicted octanol–water partition coefficient (Wildman–Crippen LogP) is 3.70. The summed E-state index contributed by atoms with van der Waals surface area (Å²) in [6.45, 7) is 4.14. The molecule has 0 aliphatic carbocycles. The maximum Gasteiger partial charge on any atom is 0.341 e. The van der Waals surface area contributed by atoms with Crippen LogP contribution in [0.4, 0.5) is 0 Å². The van der Waals surface area contributed by atoms with Crippen LogP contribution in [0.1, 0.15) is 58.8 Å². The number of unbranched alkanes of at least 4 members (excludes halogenated alkanes) is 5. The van der Waals surface area contributed by atoms with Crippen LogP contribution in [-0.4, -0.2) is 45.0 Å². The minimum Gasteiger partial charge on any atom is -0.469 e. The van der Waals surface area contributed by atoms with E-state index in [1.807, 2.05) is 0 Å². The van der Waals surface area contributed by atoms with Crippen LogP contribution in [0, 0.1) is 0 Å². The van der Waals surface area contributed by atoms with E-state index in [2.05, 4.69) is 4.74 Å². The van der Waals surface area contributed by atoms with Crippen LogP contribution in [0.3, 0.4) is 0 Å². The molecule has 24 heavy (non-hydrogen) atoms. The quantitative estimate of drug-likeness (QED) is 0.248. The zero-order valence-electron chi connectivity index (χ0n) is 15.1. The predicted molar refractivity (Wildman–Crippen MR) is 91.0 cm³/mol. The molecule has 7 nitrogen and oxygen atoms in total. The van der Waals surface area contributed by atoms with E-state index in [4.69, 9.17) is 13.8 Å². The first-order valence-corrected chi connectivity index (χ1v) is 10.3. The Balaban J connectivity index is 3.64. The number of esters is 2. The van der Waals surface area contributed by atoms with Crippen molar-refractivity contribution in [3.05, 3.63) is 0 Å². The molecule has 142 valence electrons. The lowest BCUT2D eigenvalue weighted by atomic mass is 10.1. The third-order valence-corrected chi connectivity index (χ3v) is 5.19. The van der Waals surface area contributed by atoms with E-state index in [1.165, 1.54) is 7.11 Å². The van der Waals surface area contributed by atoms with Gasteiger partial charge in [0.1, 0.15) is 6.16 Å². The molecular formula is C16H31O7P. The molecule has 0 rings (SSSR count). The monoisotopic (exact) mass is 366 g/mol. The summed E-state index contributed by atoms with van der Waals surface area (Å²) in [6.07, 6.45) is 5.71. The van der Waals surface area contributed by atoms with E-state index in [1.54, 1.807) is 13.8 Å². The fourth-order valence-corrected chi connectivity index (χ4v) is 3.54. The Morgan fingerprint density at radius 2 is 1.38 bits per heavy atom. The third-order valence-electron chi connectivity index (χ3n) is 3.24. The third kappa shape index (κ3) is 12.5. The number of carbonyl (C=O) groups is 2. The molecule has 8 heteroatoms. The summed E-state index contributed by atoms with van der Waals surface area (Å²) in [5.74, 6) is -0.725. The van der Waals surface area contributed by atoms with Crippen molar-refractivity contribution in [3.8, 4) is 0 Å². The highest BCUT2D eigenvalue weighted by Gasteiger charge is 2.28. The molecule has 0 amide bonds. The largest absolute Gasteiger partial charge is 0.469 e. The number of carbonyl (C=O) groups excluding carboxylic acids is 2. The summed E-state index contributed by atoms with van der Waals surface area (Å²) in [4.78, 5) is 22.6. The molecule has 0 spiro atoms. The highest BCUT2D eigenvalue weighted by molar-refractivity contribution is 7.54. The van der Waals surface area contributed by atoms with E-state index < -0.39 is 13.6 Å². The molecular weight excluding hydrogens is 335 g/mol. The van der Waals surface area contributed by atoms with E-state index in [0.29, 0.717) is 13.0 Å². The summed E-state index contributed by atoms with van der Waals surface area (Å²) >= 11 is 0. The van der Waals surface area contributed by atoms with Gasteiger partial charge >= 0.3 is 19.5 Å². The Morgan fingerprint density at radius 3 is 1.92 bits per heavy atom. The van der Waals surface area contributed by atoms with Gasteiger partial charge in [-0.15, -0.1) is 0 Å². The number of methoxy groups -OCH3 is 1. The van der Waals surface area contributed by atoms with Gasteiger partial charge in [-0.1, -0.05) is 25.7 Å². The van der Waals surface area contributed by atoms with Crippen molar-refractivity contribution in [2.75, 3.05) is 33.1 Å². The minimum absolute atomic E-state index is 0.168. The zero-order valence-corrected chi connectivity index (χ0v) is 16.0. The molecule has 0 heterocycles. The van der Waals surface area contributed by atoms with E-state index in [0.717, 1.165) is 38.5 Å². The Kier molecular flexibility index (Phi) is 13.9. The maximum atomic E-state index is 12.2. The van der Waals surface area contributed by atoms with Gasteiger partial charge in [-0.05, 0) is 26.7 Å². The molecule has 0 bridgehead atoms. The molecule has 0 aromatic carbocycles. The molecule has 0 saturated carbocycles. The first kappa shape index (κ1) is 23.1. The lowest BCUT2D eigenvalue weighted by molar-refractivity contribution is -0.141. The highest BCUT2D eigenvalue weighted by atomic mass is 31.2. The molecule has 0 aliphatic heterocycles. The van der Waals surface area contributed by atoms with Crippen molar-refractivity contribution in [2.45, 2.75) is 58.8 Å². The van der Waals surface area contributed by atoms with Crippen LogP contribution >= 0.6 is 7.60 Å². The summed E-state index contributed by atoms with van der Waals surface area (Å²) in [6, 6.07) is 0. The molecule has 0 saturated heterocycles. The van der Waals surface area contributed by atoms with Crippen LogP contribution < -0.4 is 0 Å². The van der Waals surface area contributed by atoms with Crippen molar-refractivity contribution < 1.29 is 32.7 Å². The SMILES string of the molecule is CCOP(=O)(CC(=O)OCCCCCCCCC(=O)OC)OCC. The van der Waals surface area contributed by atoms with Gasteiger partial charge in [0.2, 0.25) is 0 Å².